The minimum absolute atomic E-state index is 0.191. The van der Waals surface area contributed by atoms with Gasteiger partial charge in [0.15, 0.2) is 0 Å². The Labute approximate surface area is 117 Å². The average Bonchev–Trinajstić information content (AvgIpc) is 2.28. The van der Waals surface area contributed by atoms with Gasteiger partial charge in [0.25, 0.3) is 0 Å². The summed E-state index contributed by atoms with van der Waals surface area (Å²) in [6.45, 7) is 4.48. The fraction of sp³-hybridized carbons (Fsp3) is 0.600. The zero-order chi connectivity index (χ0) is 13.1. The van der Waals surface area contributed by atoms with Crippen molar-refractivity contribution < 1.29 is 4.39 Å². The van der Waals surface area contributed by atoms with Gasteiger partial charge in [0, 0.05) is 16.6 Å². The van der Waals surface area contributed by atoms with Crippen LogP contribution in [0.2, 0.25) is 0 Å². The SMILES string of the molecule is CC1CCCC(NC(C)c2ccc(F)cc2Br)C1. The van der Waals surface area contributed by atoms with Crippen molar-refractivity contribution in [3.05, 3.63) is 34.1 Å². The third-order valence-corrected chi connectivity index (χ3v) is 4.54. The molecule has 0 aliphatic heterocycles. The van der Waals surface area contributed by atoms with E-state index in [2.05, 4.69) is 35.1 Å². The highest BCUT2D eigenvalue weighted by atomic mass is 79.9. The van der Waals surface area contributed by atoms with Crippen LogP contribution in [0.3, 0.4) is 0 Å². The first-order valence-electron chi connectivity index (χ1n) is 6.77. The van der Waals surface area contributed by atoms with E-state index in [-0.39, 0.29) is 11.9 Å². The van der Waals surface area contributed by atoms with Crippen molar-refractivity contribution in [2.75, 3.05) is 0 Å². The van der Waals surface area contributed by atoms with Gasteiger partial charge in [-0.3, -0.25) is 0 Å². The summed E-state index contributed by atoms with van der Waals surface area (Å²) in [6, 6.07) is 5.79. The minimum atomic E-state index is -0.191. The van der Waals surface area contributed by atoms with E-state index >= 15 is 0 Å². The van der Waals surface area contributed by atoms with E-state index in [1.165, 1.54) is 37.8 Å². The van der Waals surface area contributed by atoms with Crippen LogP contribution in [0, 0.1) is 11.7 Å². The molecule has 1 fully saturated rings. The van der Waals surface area contributed by atoms with Crippen LogP contribution >= 0.6 is 15.9 Å². The lowest BCUT2D eigenvalue weighted by molar-refractivity contribution is 0.285. The molecule has 0 saturated heterocycles. The van der Waals surface area contributed by atoms with Gasteiger partial charge in [0.2, 0.25) is 0 Å². The molecule has 1 aliphatic carbocycles. The summed E-state index contributed by atoms with van der Waals surface area (Å²) in [6.07, 6.45) is 5.18. The molecule has 1 aromatic carbocycles. The monoisotopic (exact) mass is 313 g/mol. The summed E-state index contributed by atoms with van der Waals surface area (Å²) in [5.41, 5.74) is 1.13. The Morgan fingerprint density at radius 1 is 1.39 bits per heavy atom. The first-order valence-corrected chi connectivity index (χ1v) is 7.56. The molecule has 3 atom stereocenters. The second kappa shape index (κ2) is 6.16. The predicted molar refractivity (Wildman–Crippen MR) is 77.1 cm³/mol. The quantitative estimate of drug-likeness (QED) is 0.843. The Balaban J connectivity index is 2.00. The number of hydrogen-bond donors (Lipinski definition) is 1. The van der Waals surface area contributed by atoms with E-state index < -0.39 is 0 Å². The molecular formula is C15H21BrFN. The van der Waals surface area contributed by atoms with Gasteiger partial charge in [-0.1, -0.05) is 41.8 Å². The zero-order valence-corrected chi connectivity index (χ0v) is 12.6. The van der Waals surface area contributed by atoms with E-state index in [0.717, 1.165) is 16.0 Å². The van der Waals surface area contributed by atoms with Crippen molar-refractivity contribution >= 4 is 15.9 Å². The Hall–Kier alpha value is -0.410. The molecule has 0 amide bonds. The van der Waals surface area contributed by atoms with Crippen molar-refractivity contribution in [3.63, 3.8) is 0 Å². The Kier molecular flexibility index (Phi) is 4.79. The van der Waals surface area contributed by atoms with Crippen LogP contribution in [-0.2, 0) is 0 Å². The van der Waals surface area contributed by atoms with Crippen molar-refractivity contribution in [1.29, 1.82) is 0 Å². The maximum absolute atomic E-state index is 13.1. The largest absolute Gasteiger partial charge is 0.307 e. The predicted octanol–water partition coefficient (Wildman–Crippen LogP) is 4.82. The molecule has 2 rings (SSSR count). The molecule has 18 heavy (non-hydrogen) atoms. The van der Waals surface area contributed by atoms with Crippen LogP contribution < -0.4 is 5.32 Å². The van der Waals surface area contributed by atoms with Crippen LogP contribution in [-0.4, -0.2) is 6.04 Å². The normalized spacial score (nSPS) is 26.0. The summed E-state index contributed by atoms with van der Waals surface area (Å²) in [5, 5.41) is 3.67. The molecule has 3 heteroatoms. The maximum atomic E-state index is 13.1. The summed E-state index contributed by atoms with van der Waals surface area (Å²) in [7, 11) is 0. The molecule has 100 valence electrons. The third-order valence-electron chi connectivity index (χ3n) is 3.85. The zero-order valence-electron chi connectivity index (χ0n) is 11.0. The number of nitrogens with one attached hydrogen (secondary N) is 1. The molecule has 0 heterocycles. The molecule has 1 aromatic rings. The van der Waals surface area contributed by atoms with Crippen molar-refractivity contribution in [1.82, 2.24) is 5.32 Å². The molecule has 0 radical (unpaired) electrons. The molecule has 1 saturated carbocycles. The number of halogens is 2. The number of hydrogen-bond acceptors (Lipinski definition) is 1. The highest BCUT2D eigenvalue weighted by molar-refractivity contribution is 9.10. The van der Waals surface area contributed by atoms with Crippen molar-refractivity contribution in [2.24, 2.45) is 5.92 Å². The molecule has 1 aliphatic rings. The smallest absolute Gasteiger partial charge is 0.124 e. The van der Waals surface area contributed by atoms with Crippen LogP contribution in [0.25, 0.3) is 0 Å². The Bertz CT molecular complexity index is 407. The molecule has 0 spiro atoms. The second-order valence-electron chi connectivity index (χ2n) is 5.52. The highest BCUT2D eigenvalue weighted by Gasteiger charge is 2.21. The average molecular weight is 314 g/mol. The fourth-order valence-corrected chi connectivity index (χ4v) is 3.58. The van der Waals surface area contributed by atoms with Crippen LogP contribution in [0.4, 0.5) is 4.39 Å². The highest BCUT2D eigenvalue weighted by Crippen LogP contribution is 2.28. The van der Waals surface area contributed by atoms with Gasteiger partial charge < -0.3 is 5.32 Å². The van der Waals surface area contributed by atoms with Gasteiger partial charge in [0.1, 0.15) is 5.82 Å². The molecule has 0 bridgehead atoms. The molecule has 3 unspecified atom stereocenters. The summed E-state index contributed by atoms with van der Waals surface area (Å²) in [5.74, 6) is 0.629. The van der Waals surface area contributed by atoms with Gasteiger partial charge in [-0.05, 0) is 43.4 Å². The Morgan fingerprint density at radius 3 is 2.83 bits per heavy atom. The molecule has 1 nitrogen and oxygen atoms in total. The third kappa shape index (κ3) is 3.55. The Morgan fingerprint density at radius 2 is 2.17 bits per heavy atom. The van der Waals surface area contributed by atoms with E-state index in [0.29, 0.717) is 6.04 Å². The minimum Gasteiger partial charge on any atom is -0.307 e. The van der Waals surface area contributed by atoms with E-state index in [1.54, 1.807) is 0 Å². The topological polar surface area (TPSA) is 12.0 Å². The van der Waals surface area contributed by atoms with E-state index in [4.69, 9.17) is 0 Å². The summed E-state index contributed by atoms with van der Waals surface area (Å²) in [4.78, 5) is 0. The second-order valence-corrected chi connectivity index (χ2v) is 6.38. The summed E-state index contributed by atoms with van der Waals surface area (Å²) < 4.78 is 13.9. The van der Waals surface area contributed by atoms with Crippen molar-refractivity contribution in [3.8, 4) is 0 Å². The molecular weight excluding hydrogens is 293 g/mol. The lowest BCUT2D eigenvalue weighted by atomic mass is 9.86. The van der Waals surface area contributed by atoms with Gasteiger partial charge >= 0.3 is 0 Å². The standard InChI is InChI=1S/C15H21BrFN/c1-10-4-3-5-13(8-10)18-11(2)14-7-6-12(17)9-15(14)16/h6-7,9-11,13,18H,3-5,8H2,1-2H3. The fourth-order valence-electron chi connectivity index (χ4n) is 2.88. The number of benzene rings is 1. The lowest BCUT2D eigenvalue weighted by Crippen LogP contribution is -2.35. The van der Waals surface area contributed by atoms with Crippen LogP contribution in [0.15, 0.2) is 22.7 Å². The van der Waals surface area contributed by atoms with Gasteiger partial charge in [0.05, 0.1) is 0 Å². The maximum Gasteiger partial charge on any atom is 0.124 e. The van der Waals surface area contributed by atoms with Gasteiger partial charge in [-0.25, -0.2) is 4.39 Å². The first-order chi connectivity index (χ1) is 8.56. The molecule has 1 N–H and O–H groups in total. The molecule has 0 aromatic heterocycles. The van der Waals surface area contributed by atoms with E-state index in [1.807, 2.05) is 6.07 Å². The number of rotatable bonds is 3. The lowest BCUT2D eigenvalue weighted by Gasteiger charge is -2.30. The van der Waals surface area contributed by atoms with Crippen LogP contribution in [0.1, 0.15) is 51.1 Å². The first kappa shape index (κ1) is 14.0. The van der Waals surface area contributed by atoms with Crippen LogP contribution in [0.5, 0.6) is 0 Å². The van der Waals surface area contributed by atoms with Gasteiger partial charge in [-0.2, -0.15) is 0 Å². The van der Waals surface area contributed by atoms with Crippen molar-refractivity contribution in [2.45, 2.75) is 51.6 Å². The summed E-state index contributed by atoms with van der Waals surface area (Å²) >= 11 is 3.44. The van der Waals surface area contributed by atoms with E-state index in [9.17, 15) is 4.39 Å². The van der Waals surface area contributed by atoms with Gasteiger partial charge in [-0.15, -0.1) is 0 Å².